The van der Waals surface area contributed by atoms with Crippen LogP contribution < -0.4 is 0 Å². The lowest BCUT2D eigenvalue weighted by Crippen LogP contribution is -2.30. The lowest BCUT2D eigenvalue weighted by molar-refractivity contribution is -0.137. The zero-order valence-corrected chi connectivity index (χ0v) is 16.8. The molecule has 0 fully saturated rings. The number of benzene rings is 2. The van der Waals surface area contributed by atoms with Crippen LogP contribution in [-0.4, -0.2) is 21.4 Å². The van der Waals surface area contributed by atoms with Gasteiger partial charge in [0.05, 0.1) is 11.3 Å². The summed E-state index contributed by atoms with van der Waals surface area (Å²) in [5.41, 5.74) is 3.32. The topological polar surface area (TPSA) is 29.0 Å². The molecule has 4 aromatic rings. The van der Waals surface area contributed by atoms with Crippen molar-refractivity contribution in [1.29, 1.82) is 0 Å². The van der Waals surface area contributed by atoms with Crippen LogP contribution >= 0.6 is 11.3 Å². The highest BCUT2D eigenvalue weighted by atomic mass is 32.1. The molecule has 1 aliphatic heterocycles. The quantitative estimate of drug-likeness (QED) is 0.407. The van der Waals surface area contributed by atoms with Crippen molar-refractivity contribution in [3.05, 3.63) is 82.5 Å². The summed E-state index contributed by atoms with van der Waals surface area (Å²) in [6.45, 7) is 2.54. The number of aromatic nitrogens is 2. The summed E-state index contributed by atoms with van der Waals surface area (Å²) in [4.78, 5) is 11.4. The van der Waals surface area contributed by atoms with Crippen molar-refractivity contribution in [2.75, 3.05) is 6.54 Å². The number of thiophene rings is 1. The smallest absolute Gasteiger partial charge is 0.294 e. The molecule has 0 aliphatic carbocycles. The summed E-state index contributed by atoms with van der Waals surface area (Å²) >= 11 is 1.77. The molecule has 0 radical (unpaired) electrons. The van der Waals surface area contributed by atoms with Crippen molar-refractivity contribution in [2.24, 2.45) is 0 Å². The number of rotatable bonds is 3. The molecule has 0 unspecified atom stereocenters. The minimum atomic E-state index is -4.34. The van der Waals surface area contributed by atoms with Crippen molar-refractivity contribution in [1.82, 2.24) is 14.9 Å². The third kappa shape index (κ3) is 3.70. The van der Waals surface area contributed by atoms with Gasteiger partial charge < -0.3 is 0 Å². The van der Waals surface area contributed by atoms with E-state index in [4.69, 9.17) is 0 Å². The molecule has 30 heavy (non-hydrogen) atoms. The summed E-state index contributed by atoms with van der Waals surface area (Å²) in [7, 11) is 0. The van der Waals surface area contributed by atoms with Crippen molar-refractivity contribution in [2.45, 2.75) is 25.7 Å². The van der Waals surface area contributed by atoms with Gasteiger partial charge in [-0.1, -0.05) is 30.3 Å². The first-order valence-corrected chi connectivity index (χ1v) is 10.6. The summed E-state index contributed by atoms with van der Waals surface area (Å²) in [6, 6.07) is 13.5. The number of alkyl halides is 3. The van der Waals surface area contributed by atoms with Crippen LogP contribution in [0.2, 0.25) is 0 Å². The van der Waals surface area contributed by atoms with E-state index in [0.29, 0.717) is 11.4 Å². The molecule has 2 aromatic heterocycles. The Balaban J connectivity index is 1.33. The second-order valence-electron chi connectivity index (χ2n) is 7.46. The summed E-state index contributed by atoms with van der Waals surface area (Å²) in [5.74, 6) is 0.472. The minimum absolute atomic E-state index is 0.472. The molecule has 0 amide bonds. The van der Waals surface area contributed by atoms with Gasteiger partial charge in [0.25, 0.3) is 0 Å². The Hall–Kier alpha value is -2.77. The van der Waals surface area contributed by atoms with E-state index in [0.717, 1.165) is 49.4 Å². The van der Waals surface area contributed by atoms with Gasteiger partial charge in [0.2, 0.25) is 0 Å². The predicted molar refractivity (Wildman–Crippen MR) is 112 cm³/mol. The average Bonchev–Trinajstić information content (AvgIpc) is 3.16. The second kappa shape index (κ2) is 7.49. The lowest BCUT2D eigenvalue weighted by Gasteiger charge is -2.28. The Morgan fingerprint density at radius 2 is 1.83 bits per heavy atom. The largest absolute Gasteiger partial charge is 0.416 e. The Labute approximate surface area is 175 Å². The number of hydrogen-bond donors (Lipinski definition) is 0. The molecule has 2 aromatic carbocycles. The first-order valence-electron chi connectivity index (χ1n) is 9.67. The van der Waals surface area contributed by atoms with Gasteiger partial charge in [-0.3, -0.25) is 4.90 Å². The van der Waals surface area contributed by atoms with Crippen molar-refractivity contribution >= 4 is 21.4 Å². The zero-order chi connectivity index (χ0) is 20.7. The van der Waals surface area contributed by atoms with Crippen LogP contribution in [0.4, 0.5) is 13.2 Å². The molecule has 0 spiro atoms. The van der Waals surface area contributed by atoms with Crippen LogP contribution in [0, 0.1) is 0 Å². The molecule has 152 valence electrons. The maximum Gasteiger partial charge on any atom is 0.416 e. The van der Waals surface area contributed by atoms with E-state index in [9.17, 15) is 13.2 Å². The molecule has 0 saturated heterocycles. The molecule has 0 atom stereocenters. The van der Waals surface area contributed by atoms with Crippen LogP contribution in [0.25, 0.3) is 21.5 Å². The van der Waals surface area contributed by atoms with E-state index in [1.165, 1.54) is 27.8 Å². The molecular formula is C23H18F3N3S. The summed E-state index contributed by atoms with van der Waals surface area (Å²) in [6.07, 6.45) is -1.73. The van der Waals surface area contributed by atoms with E-state index in [2.05, 4.69) is 44.5 Å². The number of fused-ring (bicyclic) bond motifs is 2. The fourth-order valence-corrected chi connectivity index (χ4v) is 4.81. The molecule has 7 heteroatoms. The van der Waals surface area contributed by atoms with Gasteiger partial charge in [0.1, 0.15) is 0 Å². The predicted octanol–water partition coefficient (Wildman–Crippen LogP) is 5.94. The SMILES string of the molecule is FC(F)(F)c1ccc(-c2ncc3c(n2)CCN(Cc2csc4ccccc24)C3)cc1. The first-order chi connectivity index (χ1) is 14.5. The van der Waals surface area contributed by atoms with Crippen molar-refractivity contribution in [3.63, 3.8) is 0 Å². The molecule has 1 aliphatic rings. The molecule has 0 N–H and O–H groups in total. The monoisotopic (exact) mass is 425 g/mol. The highest BCUT2D eigenvalue weighted by Crippen LogP contribution is 2.31. The van der Waals surface area contributed by atoms with Gasteiger partial charge in [0, 0.05) is 48.1 Å². The minimum Gasteiger partial charge on any atom is -0.294 e. The van der Waals surface area contributed by atoms with Gasteiger partial charge >= 0.3 is 6.18 Å². The fourth-order valence-electron chi connectivity index (χ4n) is 3.85. The molecule has 5 rings (SSSR count). The third-order valence-corrected chi connectivity index (χ3v) is 6.45. The first kappa shape index (κ1) is 19.2. The van der Waals surface area contributed by atoms with E-state index < -0.39 is 11.7 Å². The van der Waals surface area contributed by atoms with Gasteiger partial charge in [-0.25, -0.2) is 9.97 Å². The Kier molecular flexibility index (Phi) is 4.79. The average molecular weight is 425 g/mol. The number of hydrogen-bond acceptors (Lipinski definition) is 4. The normalized spacial score (nSPS) is 14.8. The summed E-state index contributed by atoms with van der Waals surface area (Å²) < 4.78 is 39.6. The summed E-state index contributed by atoms with van der Waals surface area (Å²) in [5, 5.41) is 3.53. The fraction of sp³-hybridized carbons (Fsp3) is 0.217. The van der Waals surface area contributed by atoms with Crippen LogP contribution in [0.3, 0.4) is 0 Å². The maximum atomic E-state index is 12.8. The van der Waals surface area contributed by atoms with Crippen LogP contribution in [0.1, 0.15) is 22.4 Å². The van der Waals surface area contributed by atoms with Crippen LogP contribution in [0.5, 0.6) is 0 Å². The second-order valence-corrected chi connectivity index (χ2v) is 8.37. The Bertz CT molecular complexity index is 1200. The van der Waals surface area contributed by atoms with Gasteiger partial charge in [-0.15, -0.1) is 11.3 Å². The van der Waals surface area contributed by atoms with E-state index in [-0.39, 0.29) is 0 Å². The van der Waals surface area contributed by atoms with Crippen molar-refractivity contribution in [3.8, 4) is 11.4 Å². The van der Waals surface area contributed by atoms with Gasteiger partial charge in [-0.2, -0.15) is 13.2 Å². The molecular weight excluding hydrogens is 407 g/mol. The Morgan fingerprint density at radius 3 is 2.63 bits per heavy atom. The van der Waals surface area contributed by atoms with Gasteiger partial charge in [0.15, 0.2) is 5.82 Å². The zero-order valence-electron chi connectivity index (χ0n) is 16.0. The molecule has 0 saturated carbocycles. The molecule has 0 bridgehead atoms. The number of halogens is 3. The Morgan fingerprint density at radius 1 is 1.03 bits per heavy atom. The molecule has 3 heterocycles. The highest BCUT2D eigenvalue weighted by Gasteiger charge is 2.30. The standard InChI is InChI=1S/C23H18F3N3S/c24-23(25,26)18-7-5-15(6-8-18)22-27-11-16-12-29(10-9-20(16)28-22)13-17-14-30-21-4-2-1-3-19(17)21/h1-8,11,14H,9-10,12-13H2. The van der Waals surface area contributed by atoms with E-state index >= 15 is 0 Å². The maximum absolute atomic E-state index is 12.8. The highest BCUT2D eigenvalue weighted by molar-refractivity contribution is 7.17. The van der Waals surface area contributed by atoms with Gasteiger partial charge in [-0.05, 0) is 34.5 Å². The molecule has 3 nitrogen and oxygen atoms in total. The van der Waals surface area contributed by atoms with Crippen molar-refractivity contribution < 1.29 is 13.2 Å². The van der Waals surface area contributed by atoms with Crippen LogP contribution in [-0.2, 0) is 25.7 Å². The van der Waals surface area contributed by atoms with Crippen LogP contribution in [0.15, 0.2) is 60.1 Å². The third-order valence-electron chi connectivity index (χ3n) is 5.44. The number of nitrogens with zero attached hydrogens (tertiary/aromatic N) is 3. The van der Waals surface area contributed by atoms with E-state index in [1.54, 1.807) is 11.3 Å². The lowest BCUT2D eigenvalue weighted by atomic mass is 10.1. The van der Waals surface area contributed by atoms with E-state index in [1.807, 2.05) is 6.20 Å².